The van der Waals surface area contributed by atoms with Crippen LogP contribution in [0, 0.1) is 0 Å². The van der Waals surface area contributed by atoms with Crippen LogP contribution in [0.5, 0.6) is 5.75 Å². The summed E-state index contributed by atoms with van der Waals surface area (Å²) in [6, 6.07) is 11.4. The average molecular weight is 368 g/mol. The first kappa shape index (κ1) is 20.7. The molecule has 0 aromatic heterocycles. The highest BCUT2D eigenvalue weighted by Gasteiger charge is 2.21. The topological polar surface area (TPSA) is 87.9 Å². The molecule has 2 atom stereocenters. The summed E-state index contributed by atoms with van der Waals surface area (Å²) in [6.07, 6.45) is -0.972. The maximum Gasteiger partial charge on any atom is 0.322 e. The first-order valence-electron chi connectivity index (χ1n) is 7.62. The largest absolute Gasteiger partial charge is 0.497 e. The molecule has 2 aromatic rings. The minimum atomic E-state index is -0.972. The Morgan fingerprint density at radius 2 is 1.68 bits per heavy atom. The van der Waals surface area contributed by atoms with Crippen molar-refractivity contribution in [3.05, 3.63) is 42.0 Å². The molecule has 2 N–H and O–H groups in total. The number of rotatable bonds is 6. The third-order valence-corrected chi connectivity index (χ3v) is 3.67. The fraction of sp³-hybridized carbons (Fsp3) is 0.333. The first-order chi connectivity index (χ1) is 11.4. The molecule has 0 fully saturated rings. The van der Waals surface area contributed by atoms with Crippen molar-refractivity contribution >= 4 is 35.1 Å². The second-order valence-corrected chi connectivity index (χ2v) is 5.39. The summed E-state index contributed by atoms with van der Waals surface area (Å²) in [5.41, 5.74) is 5.97. The molecule has 0 aliphatic heterocycles. The van der Waals surface area contributed by atoms with E-state index in [1.807, 2.05) is 36.4 Å². The van der Waals surface area contributed by atoms with Crippen LogP contribution >= 0.6 is 12.4 Å². The summed E-state index contributed by atoms with van der Waals surface area (Å²) in [6.45, 7) is 2.96. The van der Waals surface area contributed by atoms with E-state index >= 15 is 0 Å². The molecule has 7 heteroatoms. The summed E-state index contributed by atoms with van der Waals surface area (Å²) in [7, 11) is 1.62. The number of halogens is 1. The lowest BCUT2D eigenvalue weighted by molar-refractivity contribution is -0.184. The van der Waals surface area contributed by atoms with Crippen molar-refractivity contribution in [1.29, 1.82) is 0 Å². The molecule has 0 bridgehead atoms. The van der Waals surface area contributed by atoms with Crippen molar-refractivity contribution in [1.82, 2.24) is 0 Å². The Morgan fingerprint density at radius 1 is 1.04 bits per heavy atom. The molecule has 6 nitrogen and oxygen atoms in total. The van der Waals surface area contributed by atoms with Gasteiger partial charge >= 0.3 is 11.9 Å². The zero-order valence-corrected chi connectivity index (χ0v) is 15.2. The van der Waals surface area contributed by atoms with Crippen LogP contribution in [-0.4, -0.2) is 31.9 Å². The Labute approximate surface area is 152 Å². The van der Waals surface area contributed by atoms with Crippen molar-refractivity contribution in [2.75, 3.05) is 13.7 Å². The lowest BCUT2D eigenvalue weighted by Gasteiger charge is -2.17. The smallest absolute Gasteiger partial charge is 0.322 e. The van der Waals surface area contributed by atoms with Gasteiger partial charge in [-0.2, -0.15) is 0 Å². The van der Waals surface area contributed by atoms with Crippen molar-refractivity contribution < 1.29 is 23.8 Å². The molecule has 2 rings (SSSR count). The van der Waals surface area contributed by atoms with E-state index in [0.29, 0.717) is 0 Å². The van der Waals surface area contributed by atoms with Crippen LogP contribution in [0.2, 0.25) is 0 Å². The third-order valence-electron chi connectivity index (χ3n) is 3.67. The van der Waals surface area contributed by atoms with Crippen LogP contribution in [0.15, 0.2) is 36.4 Å². The minimum Gasteiger partial charge on any atom is -0.497 e. The highest BCUT2D eigenvalue weighted by atomic mass is 35.5. The Bertz CT molecular complexity index is 749. The van der Waals surface area contributed by atoms with Gasteiger partial charge in [-0.25, -0.2) is 0 Å². The van der Waals surface area contributed by atoms with Crippen molar-refractivity contribution in [2.24, 2.45) is 5.73 Å². The lowest BCUT2D eigenvalue weighted by Crippen LogP contribution is -2.27. The first-order valence-corrected chi connectivity index (χ1v) is 7.62. The van der Waals surface area contributed by atoms with E-state index in [0.717, 1.165) is 22.1 Å². The lowest BCUT2D eigenvalue weighted by atomic mass is 9.98. The Hall–Kier alpha value is -2.31. The number of hydrogen-bond acceptors (Lipinski definition) is 6. The molecule has 0 saturated heterocycles. The number of benzene rings is 2. The van der Waals surface area contributed by atoms with Gasteiger partial charge in [0.15, 0.2) is 0 Å². The van der Waals surface area contributed by atoms with Gasteiger partial charge in [0.25, 0.3) is 0 Å². The predicted molar refractivity (Wildman–Crippen MR) is 96.9 cm³/mol. The molecular formula is C18H22ClNO5. The van der Waals surface area contributed by atoms with Crippen molar-refractivity contribution in [3.63, 3.8) is 0 Å². The van der Waals surface area contributed by atoms with Crippen LogP contribution in [0.25, 0.3) is 10.8 Å². The molecule has 0 amide bonds. The van der Waals surface area contributed by atoms with E-state index < -0.39 is 24.1 Å². The van der Waals surface area contributed by atoms with Gasteiger partial charge < -0.3 is 19.9 Å². The Kier molecular flexibility index (Phi) is 7.67. The molecule has 25 heavy (non-hydrogen) atoms. The zero-order valence-electron chi connectivity index (χ0n) is 14.4. The van der Waals surface area contributed by atoms with Gasteiger partial charge in [0.1, 0.15) is 5.75 Å². The van der Waals surface area contributed by atoms with Crippen molar-refractivity contribution in [2.45, 2.75) is 26.1 Å². The van der Waals surface area contributed by atoms with Gasteiger partial charge in [-0.15, -0.1) is 12.4 Å². The summed E-state index contributed by atoms with van der Waals surface area (Å²) in [4.78, 5) is 23.3. The van der Waals surface area contributed by atoms with E-state index in [1.54, 1.807) is 14.0 Å². The number of fused-ring (bicyclic) bond motifs is 1. The van der Waals surface area contributed by atoms with Gasteiger partial charge in [0.2, 0.25) is 6.29 Å². The molecule has 0 spiro atoms. The number of hydrogen-bond donors (Lipinski definition) is 1. The molecule has 2 aromatic carbocycles. The van der Waals surface area contributed by atoms with Crippen LogP contribution in [0.3, 0.4) is 0 Å². The van der Waals surface area contributed by atoms with Gasteiger partial charge in [-0.05, 0) is 35.4 Å². The van der Waals surface area contributed by atoms with E-state index in [9.17, 15) is 9.59 Å². The van der Waals surface area contributed by atoms with E-state index in [4.69, 9.17) is 19.9 Å². The molecule has 136 valence electrons. The normalized spacial score (nSPS) is 12.6. The second kappa shape index (κ2) is 9.25. The van der Waals surface area contributed by atoms with Crippen LogP contribution in [-0.2, 0) is 19.1 Å². The van der Waals surface area contributed by atoms with Gasteiger partial charge in [0.05, 0.1) is 19.6 Å². The van der Waals surface area contributed by atoms with Crippen LogP contribution < -0.4 is 10.5 Å². The number of carbonyl (C=O) groups excluding carboxylic acids is 2. The van der Waals surface area contributed by atoms with E-state index in [2.05, 4.69) is 0 Å². The van der Waals surface area contributed by atoms with Gasteiger partial charge in [0, 0.05) is 6.92 Å². The summed E-state index contributed by atoms with van der Waals surface area (Å²) in [5, 5.41) is 2.01. The maximum atomic E-state index is 12.2. The average Bonchev–Trinajstić information content (AvgIpc) is 2.59. The van der Waals surface area contributed by atoms with Crippen LogP contribution in [0.4, 0.5) is 0 Å². The number of methoxy groups -OCH3 is 1. The highest BCUT2D eigenvalue weighted by Crippen LogP contribution is 2.26. The molecule has 0 aliphatic carbocycles. The monoisotopic (exact) mass is 367 g/mol. The molecule has 2 unspecified atom stereocenters. The molecule has 0 radical (unpaired) electrons. The molecule has 0 aliphatic rings. The fourth-order valence-corrected chi connectivity index (χ4v) is 2.30. The predicted octanol–water partition coefficient (Wildman–Crippen LogP) is 2.76. The number of ether oxygens (including phenoxy) is 3. The van der Waals surface area contributed by atoms with Gasteiger partial charge in [-0.3, -0.25) is 9.59 Å². The zero-order chi connectivity index (χ0) is 17.7. The number of nitrogens with two attached hydrogens (primary N) is 1. The number of esters is 2. The Balaban J connectivity index is 0.00000312. The van der Waals surface area contributed by atoms with Crippen molar-refractivity contribution in [3.8, 4) is 5.75 Å². The van der Waals surface area contributed by atoms with E-state index in [-0.39, 0.29) is 19.0 Å². The minimum absolute atomic E-state index is 0. The summed E-state index contributed by atoms with van der Waals surface area (Å²) in [5.74, 6) is -0.809. The Morgan fingerprint density at radius 3 is 2.32 bits per heavy atom. The quantitative estimate of drug-likeness (QED) is 0.624. The SMILES string of the molecule is COc1ccc2cc(C(C)C(=O)OC(C)OC(=O)CN)ccc2c1.Cl. The second-order valence-electron chi connectivity index (χ2n) is 5.39. The molecule has 0 heterocycles. The standard InChI is InChI=1S/C18H21NO5.ClH/c1-11(18(21)24-12(2)23-17(20)10-19)13-4-5-15-9-16(22-3)7-6-14(15)8-13;/h4-9,11-12H,10,19H2,1-3H3;1H. The van der Waals surface area contributed by atoms with Gasteiger partial charge in [-0.1, -0.05) is 24.3 Å². The van der Waals surface area contributed by atoms with E-state index in [1.165, 1.54) is 6.92 Å². The number of carbonyl (C=O) groups is 2. The molecule has 0 saturated carbocycles. The fourth-order valence-electron chi connectivity index (χ4n) is 2.30. The highest BCUT2D eigenvalue weighted by molar-refractivity contribution is 5.87. The maximum absolute atomic E-state index is 12.2. The summed E-state index contributed by atoms with van der Waals surface area (Å²) < 4.78 is 15.2. The summed E-state index contributed by atoms with van der Waals surface area (Å²) >= 11 is 0. The molecular weight excluding hydrogens is 346 g/mol. The third kappa shape index (κ3) is 5.34. The van der Waals surface area contributed by atoms with Crippen LogP contribution in [0.1, 0.15) is 25.3 Å².